The van der Waals surface area contributed by atoms with Gasteiger partial charge in [0.2, 0.25) is 0 Å². The topological polar surface area (TPSA) is 26.3 Å². The molecule has 1 aromatic carbocycles. The van der Waals surface area contributed by atoms with Gasteiger partial charge in [0.1, 0.15) is 6.10 Å². The van der Waals surface area contributed by atoms with Gasteiger partial charge in [-0.25, -0.2) is 4.79 Å². The summed E-state index contributed by atoms with van der Waals surface area (Å²) < 4.78 is 5.50. The minimum Gasteiger partial charge on any atom is -0.454 e. The molecule has 1 atom stereocenters. The van der Waals surface area contributed by atoms with E-state index in [-0.39, 0.29) is 12.1 Å². The molecule has 3 rings (SSSR count). The highest BCUT2D eigenvalue weighted by Gasteiger charge is 2.34. The Morgan fingerprint density at radius 3 is 2.71 bits per heavy atom. The van der Waals surface area contributed by atoms with E-state index in [9.17, 15) is 4.79 Å². The van der Waals surface area contributed by atoms with Crippen molar-refractivity contribution in [3.05, 3.63) is 47.0 Å². The van der Waals surface area contributed by atoms with Crippen LogP contribution in [0.1, 0.15) is 31.2 Å². The van der Waals surface area contributed by atoms with Crippen LogP contribution in [0.2, 0.25) is 0 Å². The third-order valence-electron chi connectivity index (χ3n) is 3.66. The molecule has 2 aliphatic rings. The number of hydrogen-bond acceptors (Lipinski definition) is 2. The third kappa shape index (κ3) is 1.99. The van der Waals surface area contributed by atoms with E-state index in [4.69, 9.17) is 4.74 Å². The Morgan fingerprint density at radius 2 is 1.88 bits per heavy atom. The molecule has 0 fully saturated rings. The lowest BCUT2D eigenvalue weighted by atomic mass is 9.88. The SMILES string of the molecule is O=C1OC(Cc2ccccc2)C2=C1CCCC2. The zero-order chi connectivity index (χ0) is 11.7. The van der Waals surface area contributed by atoms with Gasteiger partial charge in [0.25, 0.3) is 0 Å². The van der Waals surface area contributed by atoms with Crippen molar-refractivity contribution in [2.45, 2.75) is 38.2 Å². The Morgan fingerprint density at radius 1 is 1.12 bits per heavy atom. The van der Waals surface area contributed by atoms with Crippen molar-refractivity contribution < 1.29 is 9.53 Å². The van der Waals surface area contributed by atoms with E-state index < -0.39 is 0 Å². The van der Waals surface area contributed by atoms with Crippen LogP contribution in [0.3, 0.4) is 0 Å². The van der Waals surface area contributed by atoms with Gasteiger partial charge in [-0.05, 0) is 36.8 Å². The van der Waals surface area contributed by atoms with E-state index in [1.165, 1.54) is 17.6 Å². The molecule has 2 heteroatoms. The van der Waals surface area contributed by atoms with Gasteiger partial charge in [0, 0.05) is 12.0 Å². The van der Waals surface area contributed by atoms with Gasteiger partial charge < -0.3 is 4.74 Å². The molecule has 1 unspecified atom stereocenters. The minimum absolute atomic E-state index is 0.000185. The van der Waals surface area contributed by atoms with Gasteiger partial charge in [0.15, 0.2) is 0 Å². The van der Waals surface area contributed by atoms with Crippen LogP contribution in [0.25, 0.3) is 0 Å². The van der Waals surface area contributed by atoms with E-state index in [1.54, 1.807) is 0 Å². The second-order valence-corrected chi connectivity index (χ2v) is 4.79. The summed E-state index contributed by atoms with van der Waals surface area (Å²) >= 11 is 0. The molecule has 1 aliphatic carbocycles. The monoisotopic (exact) mass is 228 g/mol. The first-order chi connectivity index (χ1) is 8.34. The average molecular weight is 228 g/mol. The first-order valence-corrected chi connectivity index (χ1v) is 6.31. The molecule has 1 aromatic rings. The minimum atomic E-state index is -0.0689. The Balaban J connectivity index is 1.81. The van der Waals surface area contributed by atoms with Crippen LogP contribution in [0.5, 0.6) is 0 Å². The summed E-state index contributed by atoms with van der Waals surface area (Å²) in [5.74, 6) is -0.0689. The molecule has 17 heavy (non-hydrogen) atoms. The van der Waals surface area contributed by atoms with Crippen molar-refractivity contribution in [2.75, 3.05) is 0 Å². The Kier molecular flexibility index (Phi) is 2.71. The van der Waals surface area contributed by atoms with Gasteiger partial charge in [-0.1, -0.05) is 30.3 Å². The Labute approximate surface area is 101 Å². The van der Waals surface area contributed by atoms with Crippen LogP contribution in [-0.2, 0) is 16.0 Å². The van der Waals surface area contributed by atoms with E-state index in [0.717, 1.165) is 31.3 Å². The Hall–Kier alpha value is -1.57. The third-order valence-corrected chi connectivity index (χ3v) is 3.66. The number of rotatable bonds is 2. The zero-order valence-corrected chi connectivity index (χ0v) is 9.82. The van der Waals surface area contributed by atoms with Gasteiger partial charge in [0.05, 0.1) is 0 Å². The molecular formula is C15H16O2. The maximum atomic E-state index is 11.7. The van der Waals surface area contributed by atoms with Crippen LogP contribution in [-0.4, -0.2) is 12.1 Å². The summed E-state index contributed by atoms with van der Waals surface area (Å²) in [6, 6.07) is 10.3. The average Bonchev–Trinajstić information content (AvgIpc) is 2.69. The molecular weight excluding hydrogens is 212 g/mol. The van der Waals surface area contributed by atoms with Crippen LogP contribution in [0.4, 0.5) is 0 Å². The van der Waals surface area contributed by atoms with Crippen molar-refractivity contribution in [2.24, 2.45) is 0 Å². The summed E-state index contributed by atoms with van der Waals surface area (Å²) in [6.45, 7) is 0. The largest absolute Gasteiger partial charge is 0.454 e. The lowest BCUT2D eigenvalue weighted by molar-refractivity contribution is -0.139. The second-order valence-electron chi connectivity index (χ2n) is 4.79. The summed E-state index contributed by atoms with van der Waals surface area (Å²) in [6.07, 6.45) is 5.11. The van der Waals surface area contributed by atoms with Crippen LogP contribution < -0.4 is 0 Å². The number of ether oxygens (including phenoxy) is 1. The van der Waals surface area contributed by atoms with Gasteiger partial charge in [-0.2, -0.15) is 0 Å². The highest BCUT2D eigenvalue weighted by Crippen LogP contribution is 2.35. The van der Waals surface area contributed by atoms with E-state index >= 15 is 0 Å². The molecule has 1 aliphatic heterocycles. The van der Waals surface area contributed by atoms with E-state index in [1.807, 2.05) is 18.2 Å². The molecule has 0 N–H and O–H groups in total. The zero-order valence-electron chi connectivity index (χ0n) is 9.82. The van der Waals surface area contributed by atoms with Crippen molar-refractivity contribution in [3.63, 3.8) is 0 Å². The normalized spacial score (nSPS) is 23.5. The highest BCUT2D eigenvalue weighted by atomic mass is 16.5. The van der Waals surface area contributed by atoms with Crippen molar-refractivity contribution >= 4 is 5.97 Å². The maximum absolute atomic E-state index is 11.7. The predicted octanol–water partition coefficient (Wildman–Crippen LogP) is 3.03. The Bertz CT molecular complexity index is 459. The number of carbonyl (C=O) groups is 1. The highest BCUT2D eigenvalue weighted by molar-refractivity contribution is 5.92. The summed E-state index contributed by atoms with van der Waals surface area (Å²) in [5.41, 5.74) is 3.48. The molecule has 0 saturated carbocycles. The van der Waals surface area contributed by atoms with Crippen LogP contribution in [0.15, 0.2) is 41.5 Å². The lowest BCUT2D eigenvalue weighted by Crippen LogP contribution is -2.15. The number of cyclic esters (lactones) is 1. The van der Waals surface area contributed by atoms with Crippen molar-refractivity contribution in [1.29, 1.82) is 0 Å². The molecule has 0 aromatic heterocycles. The van der Waals surface area contributed by atoms with E-state index in [0.29, 0.717) is 0 Å². The molecule has 0 radical (unpaired) electrons. The van der Waals surface area contributed by atoms with Crippen molar-refractivity contribution in [1.82, 2.24) is 0 Å². The second kappa shape index (κ2) is 4.36. The quantitative estimate of drug-likeness (QED) is 0.727. The molecule has 0 bridgehead atoms. The fraction of sp³-hybridized carbons (Fsp3) is 0.400. The van der Waals surface area contributed by atoms with Crippen LogP contribution in [0, 0.1) is 0 Å². The fourth-order valence-corrected chi connectivity index (χ4v) is 2.78. The molecule has 0 saturated heterocycles. The van der Waals surface area contributed by atoms with E-state index in [2.05, 4.69) is 12.1 Å². The molecule has 1 heterocycles. The number of esters is 1. The van der Waals surface area contributed by atoms with Gasteiger partial charge in [-0.3, -0.25) is 0 Å². The maximum Gasteiger partial charge on any atom is 0.334 e. The molecule has 0 amide bonds. The molecule has 88 valence electrons. The first kappa shape index (κ1) is 10.6. The summed E-state index contributed by atoms with van der Waals surface area (Å²) in [7, 11) is 0. The van der Waals surface area contributed by atoms with Crippen molar-refractivity contribution in [3.8, 4) is 0 Å². The number of hydrogen-bond donors (Lipinski definition) is 0. The molecule has 2 nitrogen and oxygen atoms in total. The number of benzene rings is 1. The summed E-state index contributed by atoms with van der Waals surface area (Å²) in [5, 5.41) is 0. The predicted molar refractivity (Wildman–Crippen MR) is 65.5 cm³/mol. The summed E-state index contributed by atoms with van der Waals surface area (Å²) in [4.78, 5) is 11.7. The first-order valence-electron chi connectivity index (χ1n) is 6.31. The fourth-order valence-electron chi connectivity index (χ4n) is 2.78. The smallest absolute Gasteiger partial charge is 0.334 e. The molecule has 0 spiro atoms. The lowest BCUT2D eigenvalue weighted by Gasteiger charge is -2.16. The van der Waals surface area contributed by atoms with Crippen LogP contribution >= 0.6 is 0 Å². The number of carbonyl (C=O) groups excluding carboxylic acids is 1. The standard InChI is InChI=1S/C15H16O2/c16-15-13-9-5-4-8-12(13)14(17-15)10-11-6-2-1-3-7-11/h1-3,6-7,14H,4-5,8-10H2. The van der Waals surface area contributed by atoms with Gasteiger partial charge in [-0.15, -0.1) is 0 Å². The van der Waals surface area contributed by atoms with Gasteiger partial charge >= 0.3 is 5.97 Å².